The highest BCUT2D eigenvalue weighted by Crippen LogP contribution is 2.23. The summed E-state index contributed by atoms with van der Waals surface area (Å²) in [6.07, 6.45) is 3.25. The van der Waals surface area contributed by atoms with E-state index in [0.717, 1.165) is 22.6 Å². The fraction of sp³-hybridized carbons (Fsp3) is 0.370. The molecule has 0 spiro atoms. The van der Waals surface area contributed by atoms with Crippen molar-refractivity contribution < 1.29 is 19.2 Å². The number of carbonyl (C=O) groups is 2. The van der Waals surface area contributed by atoms with Gasteiger partial charge in [-0.05, 0) is 68.2 Å². The highest BCUT2D eigenvalue weighted by atomic mass is 16.6. The van der Waals surface area contributed by atoms with Crippen molar-refractivity contribution in [3.63, 3.8) is 0 Å². The molecule has 0 saturated carbocycles. The zero-order valence-electron chi connectivity index (χ0n) is 21.6. The molecule has 3 aromatic rings. The van der Waals surface area contributed by atoms with Crippen LogP contribution in [0.3, 0.4) is 0 Å². The van der Waals surface area contributed by atoms with Crippen LogP contribution in [0, 0.1) is 10.1 Å². The average Bonchev–Trinajstić information content (AvgIpc) is 3.40. The molecule has 200 valence electrons. The number of nitro benzene ring substituents is 1. The van der Waals surface area contributed by atoms with Gasteiger partial charge in [-0.25, -0.2) is 0 Å². The van der Waals surface area contributed by atoms with Gasteiger partial charge in [0.1, 0.15) is 17.8 Å². The molecule has 0 bridgehead atoms. The van der Waals surface area contributed by atoms with E-state index in [1.807, 2.05) is 30.3 Å². The van der Waals surface area contributed by atoms with E-state index < -0.39 is 10.5 Å². The van der Waals surface area contributed by atoms with E-state index in [4.69, 9.17) is 4.74 Å². The summed E-state index contributed by atoms with van der Waals surface area (Å²) in [5, 5.41) is 21.7. The molecular weight excluding hydrogens is 488 g/mol. The second kappa shape index (κ2) is 11.9. The molecule has 0 radical (unpaired) electrons. The number of carbonyl (C=O) groups excluding carboxylic acids is 2. The highest BCUT2D eigenvalue weighted by molar-refractivity contribution is 5.91. The number of nitro groups is 1. The van der Waals surface area contributed by atoms with Crippen LogP contribution < -0.4 is 15.4 Å². The first-order valence-electron chi connectivity index (χ1n) is 12.5. The number of rotatable bonds is 10. The Kier molecular flexibility index (Phi) is 8.37. The van der Waals surface area contributed by atoms with E-state index in [2.05, 4.69) is 15.7 Å². The first-order chi connectivity index (χ1) is 18.3. The molecule has 0 atom stereocenters. The van der Waals surface area contributed by atoms with Crippen LogP contribution in [0.25, 0.3) is 11.3 Å². The Morgan fingerprint density at radius 1 is 1.13 bits per heavy atom. The number of benzene rings is 2. The lowest BCUT2D eigenvalue weighted by Gasteiger charge is -2.39. The smallest absolute Gasteiger partial charge is 0.269 e. The third kappa shape index (κ3) is 6.35. The Bertz CT molecular complexity index is 1270. The van der Waals surface area contributed by atoms with Crippen LogP contribution in [0.15, 0.2) is 60.8 Å². The van der Waals surface area contributed by atoms with Gasteiger partial charge in [-0.3, -0.25) is 24.4 Å². The molecule has 0 unspecified atom stereocenters. The number of methoxy groups -OCH3 is 1. The van der Waals surface area contributed by atoms with Crippen LogP contribution >= 0.6 is 0 Å². The van der Waals surface area contributed by atoms with E-state index in [-0.39, 0.29) is 24.0 Å². The number of hydrogen-bond acceptors (Lipinski definition) is 7. The molecule has 1 fully saturated rings. The number of amides is 2. The maximum absolute atomic E-state index is 13.6. The van der Waals surface area contributed by atoms with Gasteiger partial charge in [-0.1, -0.05) is 12.1 Å². The maximum atomic E-state index is 13.6. The number of hydrogen-bond donors (Lipinski definition) is 2. The van der Waals surface area contributed by atoms with Crippen LogP contribution in [0.5, 0.6) is 5.75 Å². The SMILES string of the molecule is COc1ccc(-c2ccn(CC(=O)NC3(C(=O)N(C)CCc4ccc([N+](=O)[O-])cc4)CCNCC3)n2)cc1. The Morgan fingerprint density at radius 3 is 2.45 bits per heavy atom. The number of non-ortho nitro benzene ring substituents is 1. The zero-order chi connectivity index (χ0) is 27.1. The third-order valence-electron chi connectivity index (χ3n) is 6.81. The minimum absolute atomic E-state index is 0.00881. The minimum atomic E-state index is -1.00. The van der Waals surface area contributed by atoms with Crippen LogP contribution in [0.1, 0.15) is 18.4 Å². The fourth-order valence-corrected chi connectivity index (χ4v) is 4.61. The molecule has 1 aliphatic heterocycles. The molecule has 11 heteroatoms. The van der Waals surface area contributed by atoms with Crippen molar-refractivity contribution in [1.29, 1.82) is 0 Å². The van der Waals surface area contributed by atoms with Gasteiger partial charge in [-0.15, -0.1) is 0 Å². The molecule has 2 heterocycles. The first-order valence-corrected chi connectivity index (χ1v) is 12.5. The van der Waals surface area contributed by atoms with Crippen molar-refractivity contribution >= 4 is 17.5 Å². The number of piperidine rings is 1. The molecule has 4 rings (SSSR count). The zero-order valence-corrected chi connectivity index (χ0v) is 21.6. The van der Waals surface area contributed by atoms with E-state index >= 15 is 0 Å². The standard InChI is InChI=1S/C27H32N6O5/c1-31(17-11-20-3-7-22(8-4-20)33(36)37)26(35)27(13-15-28-16-14-27)29-25(34)19-32-18-12-24(30-32)21-5-9-23(38-2)10-6-21/h3-10,12,18,28H,11,13-17,19H2,1-2H3,(H,29,34). The van der Waals surface area contributed by atoms with Crippen molar-refractivity contribution in [3.05, 3.63) is 76.5 Å². The van der Waals surface area contributed by atoms with Crippen LogP contribution in [0.2, 0.25) is 0 Å². The third-order valence-corrected chi connectivity index (χ3v) is 6.81. The fourth-order valence-electron chi connectivity index (χ4n) is 4.61. The van der Waals surface area contributed by atoms with Gasteiger partial charge in [0.25, 0.3) is 5.69 Å². The molecule has 11 nitrogen and oxygen atoms in total. The van der Waals surface area contributed by atoms with Gasteiger partial charge in [-0.2, -0.15) is 5.10 Å². The monoisotopic (exact) mass is 520 g/mol. The molecule has 1 aliphatic rings. The number of nitrogens with zero attached hydrogens (tertiary/aromatic N) is 4. The van der Waals surface area contributed by atoms with Gasteiger partial charge in [0.05, 0.1) is 17.7 Å². The lowest BCUT2D eigenvalue weighted by Crippen LogP contribution is -2.63. The van der Waals surface area contributed by atoms with Crippen molar-refractivity contribution in [2.75, 3.05) is 33.8 Å². The summed E-state index contributed by atoms with van der Waals surface area (Å²) < 4.78 is 6.76. The van der Waals surface area contributed by atoms with Crippen molar-refractivity contribution in [2.24, 2.45) is 0 Å². The van der Waals surface area contributed by atoms with E-state index in [1.54, 1.807) is 42.1 Å². The Balaban J connectivity index is 1.38. The molecule has 0 aliphatic carbocycles. The molecular formula is C27H32N6O5. The van der Waals surface area contributed by atoms with E-state index in [1.165, 1.54) is 12.1 Å². The number of ether oxygens (including phenoxy) is 1. The summed E-state index contributed by atoms with van der Waals surface area (Å²) in [5.41, 5.74) is 1.56. The summed E-state index contributed by atoms with van der Waals surface area (Å²) in [6.45, 7) is 1.65. The van der Waals surface area contributed by atoms with Gasteiger partial charge in [0.2, 0.25) is 11.8 Å². The topological polar surface area (TPSA) is 132 Å². The van der Waals surface area contributed by atoms with E-state index in [9.17, 15) is 19.7 Å². The molecule has 2 aromatic carbocycles. The molecule has 38 heavy (non-hydrogen) atoms. The summed E-state index contributed by atoms with van der Waals surface area (Å²) >= 11 is 0. The number of aromatic nitrogens is 2. The van der Waals surface area contributed by atoms with Gasteiger partial charge in [0.15, 0.2) is 0 Å². The lowest BCUT2D eigenvalue weighted by atomic mass is 9.86. The maximum Gasteiger partial charge on any atom is 0.269 e. The van der Waals surface area contributed by atoms with Crippen molar-refractivity contribution in [1.82, 2.24) is 25.3 Å². The molecule has 1 saturated heterocycles. The summed E-state index contributed by atoms with van der Waals surface area (Å²) in [5.74, 6) is 0.323. The number of nitrogens with one attached hydrogen (secondary N) is 2. The van der Waals surface area contributed by atoms with Crippen molar-refractivity contribution in [2.45, 2.75) is 31.3 Å². The van der Waals surface area contributed by atoms with Crippen molar-refractivity contribution in [3.8, 4) is 17.0 Å². The predicted octanol–water partition coefficient (Wildman–Crippen LogP) is 2.41. The van der Waals surface area contributed by atoms with Crippen LogP contribution in [-0.4, -0.2) is 70.7 Å². The average molecular weight is 521 g/mol. The van der Waals surface area contributed by atoms with Gasteiger partial charge in [0, 0.05) is 37.5 Å². The molecule has 2 amide bonds. The second-order valence-corrected chi connectivity index (χ2v) is 9.41. The largest absolute Gasteiger partial charge is 0.497 e. The van der Waals surface area contributed by atoms with Crippen LogP contribution in [-0.2, 0) is 22.6 Å². The summed E-state index contributed by atoms with van der Waals surface area (Å²) in [4.78, 5) is 38.7. The second-order valence-electron chi connectivity index (χ2n) is 9.41. The van der Waals surface area contributed by atoms with Crippen LogP contribution in [0.4, 0.5) is 5.69 Å². The van der Waals surface area contributed by atoms with E-state index in [0.29, 0.717) is 38.9 Å². The first kappa shape index (κ1) is 26.8. The normalized spacial score (nSPS) is 14.5. The van der Waals surface area contributed by atoms with Gasteiger partial charge >= 0.3 is 0 Å². The molecule has 1 aromatic heterocycles. The lowest BCUT2D eigenvalue weighted by molar-refractivity contribution is -0.384. The Morgan fingerprint density at radius 2 is 1.82 bits per heavy atom. The minimum Gasteiger partial charge on any atom is -0.497 e. The predicted molar refractivity (Wildman–Crippen MR) is 142 cm³/mol. The number of likely N-dealkylation sites (N-methyl/N-ethyl adjacent to an activating group) is 1. The highest BCUT2D eigenvalue weighted by Gasteiger charge is 2.42. The molecule has 2 N–H and O–H groups in total. The summed E-state index contributed by atoms with van der Waals surface area (Å²) in [7, 11) is 3.33. The summed E-state index contributed by atoms with van der Waals surface area (Å²) in [6, 6.07) is 15.7. The Hall–Kier alpha value is -4.25. The Labute approximate surface area is 220 Å². The quantitative estimate of drug-likeness (QED) is 0.310. The van der Waals surface area contributed by atoms with Gasteiger partial charge < -0.3 is 20.3 Å².